The van der Waals surface area contributed by atoms with Crippen LogP contribution in [0, 0.1) is 6.92 Å². The van der Waals surface area contributed by atoms with Gasteiger partial charge in [-0.25, -0.2) is 0 Å². The largest absolute Gasteiger partial charge is 0.306 e. The van der Waals surface area contributed by atoms with Gasteiger partial charge in [-0.2, -0.15) is 9.89 Å². The molecule has 3 rings (SSSR count). The van der Waals surface area contributed by atoms with Crippen molar-refractivity contribution >= 4 is 35.3 Å². The number of anilines is 1. The topological polar surface area (TPSA) is 50.2 Å². The van der Waals surface area contributed by atoms with Crippen molar-refractivity contribution in [1.82, 2.24) is 9.89 Å². The third kappa shape index (κ3) is 5.06. The highest BCUT2D eigenvalue weighted by molar-refractivity contribution is 7.99. The van der Waals surface area contributed by atoms with E-state index in [1.54, 1.807) is 4.79 Å². The minimum atomic E-state index is -0.00257. The Hall–Kier alpha value is -1.60. The molecule has 0 saturated carbocycles. The summed E-state index contributed by atoms with van der Waals surface area (Å²) in [4.78, 5) is 20.9. The number of unbranched alkanes of at least 4 members (excludes halogenated alkanes) is 4. The Morgan fingerprint density at radius 2 is 2.04 bits per heavy atom. The van der Waals surface area contributed by atoms with E-state index in [1.165, 1.54) is 60.3 Å². The number of nitrogens with one attached hydrogen (secondary N) is 1. The fourth-order valence-electron chi connectivity index (χ4n) is 3.52. The summed E-state index contributed by atoms with van der Waals surface area (Å²) >= 11 is 3.35. The fourth-order valence-corrected chi connectivity index (χ4v) is 4.81. The van der Waals surface area contributed by atoms with Crippen LogP contribution in [0.15, 0.2) is 29.2 Å². The van der Waals surface area contributed by atoms with E-state index in [4.69, 9.17) is 0 Å². The molecule has 1 aromatic carbocycles. The minimum Gasteiger partial charge on any atom is -0.306 e. The first kappa shape index (κ1) is 21.1. The molecule has 0 radical (unpaired) electrons. The van der Waals surface area contributed by atoms with Gasteiger partial charge in [0.15, 0.2) is 5.69 Å². The summed E-state index contributed by atoms with van der Waals surface area (Å²) in [6.45, 7) is 4.88. The van der Waals surface area contributed by atoms with Crippen LogP contribution in [0.3, 0.4) is 0 Å². The van der Waals surface area contributed by atoms with Crippen molar-refractivity contribution in [3.8, 4) is 0 Å². The van der Waals surface area contributed by atoms with Crippen LogP contribution < -0.4 is 9.73 Å². The summed E-state index contributed by atoms with van der Waals surface area (Å²) in [5.41, 5.74) is 3.71. The number of aryl methyl sites for hydroxylation is 1. The first-order valence-corrected chi connectivity index (χ1v) is 12.3. The summed E-state index contributed by atoms with van der Waals surface area (Å²) in [6, 6.07) is 8.37. The molecule has 0 saturated heterocycles. The van der Waals surface area contributed by atoms with E-state index in [2.05, 4.69) is 35.1 Å². The van der Waals surface area contributed by atoms with Crippen molar-refractivity contribution in [2.24, 2.45) is 0 Å². The number of nitrogens with zero attached hydrogens (tertiary/aromatic N) is 3. The Balaban J connectivity index is 1.63. The van der Waals surface area contributed by atoms with E-state index < -0.39 is 0 Å². The SMILES string of the molecule is CCCCCCCSc1ccc2c(c1)CCN2C(=O)c1cc(C)nn1NSC. The highest BCUT2D eigenvalue weighted by Crippen LogP contribution is 2.33. The van der Waals surface area contributed by atoms with Gasteiger partial charge in [0, 0.05) is 23.4 Å². The summed E-state index contributed by atoms with van der Waals surface area (Å²) in [5.74, 6) is 1.17. The molecule has 1 aromatic heterocycles. The normalized spacial score (nSPS) is 13.0. The molecule has 1 N–H and O–H groups in total. The van der Waals surface area contributed by atoms with Crippen molar-refractivity contribution in [3.05, 3.63) is 41.2 Å². The van der Waals surface area contributed by atoms with Crippen molar-refractivity contribution in [1.29, 1.82) is 0 Å². The van der Waals surface area contributed by atoms with Crippen molar-refractivity contribution in [3.63, 3.8) is 0 Å². The Bertz CT molecular complexity index is 806. The molecule has 0 aliphatic carbocycles. The maximum Gasteiger partial charge on any atom is 0.278 e. The monoisotopic (exact) mass is 418 g/mol. The second-order valence-electron chi connectivity index (χ2n) is 7.14. The third-order valence-corrected chi connectivity index (χ3v) is 6.37. The molecule has 0 unspecified atom stereocenters. The van der Waals surface area contributed by atoms with Crippen LogP contribution in [0.2, 0.25) is 0 Å². The number of thioether (sulfide) groups is 1. The smallest absolute Gasteiger partial charge is 0.278 e. The van der Waals surface area contributed by atoms with Crippen LogP contribution in [0.1, 0.15) is 60.8 Å². The minimum absolute atomic E-state index is 0.00257. The molecule has 0 fully saturated rings. The quantitative estimate of drug-likeness (QED) is 0.323. The fraction of sp³-hybridized carbons (Fsp3) is 0.524. The van der Waals surface area contributed by atoms with Gasteiger partial charge in [0.2, 0.25) is 0 Å². The van der Waals surface area contributed by atoms with Gasteiger partial charge in [-0.15, -0.1) is 11.8 Å². The van der Waals surface area contributed by atoms with Gasteiger partial charge in [0.25, 0.3) is 5.91 Å². The molecule has 2 heterocycles. The molecule has 2 aromatic rings. The molecule has 5 nitrogen and oxygen atoms in total. The van der Waals surface area contributed by atoms with Crippen LogP contribution in [-0.4, -0.2) is 34.4 Å². The van der Waals surface area contributed by atoms with Crippen LogP contribution in [-0.2, 0) is 6.42 Å². The number of carbonyl (C=O) groups excluding carboxylic acids is 1. The average Bonchev–Trinajstić information content (AvgIpc) is 3.27. The molecule has 28 heavy (non-hydrogen) atoms. The Kier molecular flexibility index (Phi) is 7.73. The van der Waals surface area contributed by atoms with Crippen LogP contribution in [0.4, 0.5) is 5.69 Å². The van der Waals surface area contributed by atoms with E-state index in [-0.39, 0.29) is 5.91 Å². The van der Waals surface area contributed by atoms with Crippen LogP contribution in [0.5, 0.6) is 0 Å². The lowest BCUT2D eigenvalue weighted by Crippen LogP contribution is -2.32. The lowest BCUT2D eigenvalue weighted by atomic mass is 10.2. The Morgan fingerprint density at radius 3 is 2.82 bits per heavy atom. The lowest BCUT2D eigenvalue weighted by Gasteiger charge is -2.18. The first-order chi connectivity index (χ1) is 13.6. The molecule has 7 heteroatoms. The summed E-state index contributed by atoms with van der Waals surface area (Å²) in [7, 11) is 0. The lowest BCUT2D eigenvalue weighted by molar-refractivity contribution is 0.0981. The molecule has 152 valence electrons. The van der Waals surface area contributed by atoms with Crippen molar-refractivity contribution < 1.29 is 4.79 Å². The zero-order valence-corrected chi connectivity index (χ0v) is 18.7. The molecular formula is C21H30N4OS2. The van der Waals surface area contributed by atoms with E-state index >= 15 is 0 Å². The van der Waals surface area contributed by atoms with Crippen LogP contribution in [0.25, 0.3) is 0 Å². The molecule has 1 aliphatic rings. The maximum absolute atomic E-state index is 13.1. The number of amides is 1. The number of fused-ring (bicyclic) bond motifs is 1. The summed E-state index contributed by atoms with van der Waals surface area (Å²) in [5, 5.41) is 4.36. The number of rotatable bonds is 10. The van der Waals surface area contributed by atoms with E-state index in [0.29, 0.717) is 5.69 Å². The highest BCUT2D eigenvalue weighted by Gasteiger charge is 2.28. The van der Waals surface area contributed by atoms with Gasteiger partial charge in [-0.1, -0.05) is 32.6 Å². The van der Waals surface area contributed by atoms with Gasteiger partial charge >= 0.3 is 0 Å². The van der Waals surface area contributed by atoms with Gasteiger partial charge in [0.05, 0.1) is 5.69 Å². The average molecular weight is 419 g/mol. The standard InChI is InChI=1S/C21H30N4OS2/c1-4-5-6-7-8-13-28-18-9-10-19-17(15-18)11-12-24(19)21(26)20-14-16(2)22-25(20)23-27-3/h9-10,14-15,23H,4-8,11-13H2,1-3H3. The van der Waals surface area contributed by atoms with E-state index in [9.17, 15) is 4.79 Å². The molecule has 0 spiro atoms. The number of aromatic nitrogens is 2. The number of hydrogen-bond donors (Lipinski definition) is 1. The van der Waals surface area contributed by atoms with Gasteiger partial charge < -0.3 is 4.90 Å². The Morgan fingerprint density at radius 1 is 1.21 bits per heavy atom. The highest BCUT2D eigenvalue weighted by atomic mass is 32.2. The number of hydrogen-bond acceptors (Lipinski definition) is 5. The second kappa shape index (κ2) is 10.3. The molecule has 1 aliphatic heterocycles. The molecular weight excluding hydrogens is 388 g/mol. The van der Waals surface area contributed by atoms with Gasteiger partial charge in [-0.3, -0.25) is 9.63 Å². The summed E-state index contributed by atoms with van der Waals surface area (Å²) in [6.07, 6.45) is 9.41. The van der Waals surface area contributed by atoms with Crippen molar-refractivity contribution in [2.45, 2.75) is 57.3 Å². The molecule has 1 amide bonds. The predicted molar refractivity (Wildman–Crippen MR) is 121 cm³/mol. The van der Waals surface area contributed by atoms with Crippen LogP contribution >= 0.6 is 23.7 Å². The predicted octanol–water partition coefficient (Wildman–Crippen LogP) is 5.28. The molecule has 0 atom stereocenters. The van der Waals surface area contributed by atoms with E-state index in [0.717, 1.165) is 24.3 Å². The van der Waals surface area contributed by atoms with Crippen molar-refractivity contribution in [2.75, 3.05) is 28.3 Å². The Labute approximate surface area is 176 Å². The van der Waals surface area contributed by atoms with E-state index in [1.807, 2.05) is 35.9 Å². The maximum atomic E-state index is 13.1. The number of carbonyl (C=O) groups is 1. The second-order valence-corrected chi connectivity index (χ2v) is 8.90. The number of benzene rings is 1. The van der Waals surface area contributed by atoms with Gasteiger partial charge in [0.1, 0.15) is 0 Å². The zero-order valence-electron chi connectivity index (χ0n) is 17.0. The first-order valence-electron chi connectivity index (χ1n) is 10.1. The molecule has 0 bridgehead atoms. The summed E-state index contributed by atoms with van der Waals surface area (Å²) < 4.78 is 0. The third-order valence-electron chi connectivity index (χ3n) is 4.94. The van der Waals surface area contributed by atoms with Gasteiger partial charge in [-0.05, 0) is 67.3 Å². The zero-order chi connectivity index (χ0) is 19.9.